The lowest BCUT2D eigenvalue weighted by Gasteiger charge is -2.07. The predicted molar refractivity (Wildman–Crippen MR) is 120 cm³/mol. The Bertz CT molecular complexity index is 1250. The summed E-state index contributed by atoms with van der Waals surface area (Å²) < 4.78 is 18.6. The summed E-state index contributed by atoms with van der Waals surface area (Å²) in [7, 11) is 0. The van der Waals surface area contributed by atoms with Gasteiger partial charge in [0.25, 0.3) is 11.8 Å². The van der Waals surface area contributed by atoms with E-state index >= 15 is 0 Å². The average molecular weight is 466 g/mol. The predicted octanol–water partition coefficient (Wildman–Crippen LogP) is 3.47. The highest BCUT2D eigenvalue weighted by atomic mass is 32.1. The molecule has 0 fully saturated rings. The largest absolute Gasteiger partial charge is 0.486 e. The molecule has 2 aromatic carbocycles. The summed E-state index contributed by atoms with van der Waals surface area (Å²) in [6.07, 6.45) is 1.68. The lowest BCUT2D eigenvalue weighted by atomic mass is 10.2. The zero-order valence-electron chi connectivity index (χ0n) is 17.5. The van der Waals surface area contributed by atoms with Gasteiger partial charge in [0, 0.05) is 29.1 Å². The number of halogens is 1. The molecule has 0 bridgehead atoms. The number of hydrogen-bond acceptors (Lipinski definition) is 7. The van der Waals surface area contributed by atoms with Gasteiger partial charge in [-0.3, -0.25) is 14.7 Å². The molecule has 0 atom stereocenters. The molecule has 2 heterocycles. The fourth-order valence-electron chi connectivity index (χ4n) is 2.80. The number of hydrogen-bond donors (Lipinski definition) is 3. The van der Waals surface area contributed by atoms with Crippen LogP contribution in [0.15, 0.2) is 54.7 Å². The number of H-pyrrole nitrogens is 1. The number of aryl methyl sites for hydroxylation is 1. The third-order valence-electron chi connectivity index (χ3n) is 4.62. The van der Waals surface area contributed by atoms with E-state index in [1.165, 1.54) is 24.3 Å². The van der Waals surface area contributed by atoms with Crippen molar-refractivity contribution in [2.24, 2.45) is 0 Å². The molecular weight excluding hydrogens is 447 g/mol. The maximum atomic E-state index is 13.0. The molecule has 0 saturated heterocycles. The van der Waals surface area contributed by atoms with Crippen molar-refractivity contribution in [1.82, 2.24) is 25.7 Å². The number of nitrogens with one attached hydrogen (secondary N) is 3. The van der Waals surface area contributed by atoms with E-state index in [1.807, 2.05) is 6.92 Å². The van der Waals surface area contributed by atoms with Crippen molar-refractivity contribution in [3.63, 3.8) is 0 Å². The highest BCUT2D eigenvalue weighted by Crippen LogP contribution is 2.18. The van der Waals surface area contributed by atoms with Crippen LogP contribution < -0.4 is 15.4 Å². The van der Waals surface area contributed by atoms with Crippen molar-refractivity contribution in [3.8, 4) is 5.75 Å². The fourth-order valence-corrected chi connectivity index (χ4v) is 3.45. The zero-order valence-corrected chi connectivity index (χ0v) is 18.3. The van der Waals surface area contributed by atoms with Crippen molar-refractivity contribution in [3.05, 3.63) is 87.4 Å². The first kappa shape index (κ1) is 22.1. The summed E-state index contributed by atoms with van der Waals surface area (Å²) in [6, 6.07) is 12.1. The Kier molecular flexibility index (Phi) is 6.69. The molecular formula is C22H19FN6O3S. The van der Waals surface area contributed by atoms with Gasteiger partial charge >= 0.3 is 0 Å². The van der Waals surface area contributed by atoms with Gasteiger partial charge in [-0.05, 0) is 55.5 Å². The molecule has 3 N–H and O–H groups in total. The van der Waals surface area contributed by atoms with Gasteiger partial charge in [0.15, 0.2) is 5.01 Å². The van der Waals surface area contributed by atoms with Gasteiger partial charge in [-0.2, -0.15) is 5.10 Å². The van der Waals surface area contributed by atoms with Crippen LogP contribution in [0.3, 0.4) is 0 Å². The summed E-state index contributed by atoms with van der Waals surface area (Å²) in [4.78, 5) is 24.6. The van der Waals surface area contributed by atoms with Crippen molar-refractivity contribution >= 4 is 28.8 Å². The van der Waals surface area contributed by atoms with Gasteiger partial charge in [0.1, 0.15) is 18.2 Å². The Hall–Kier alpha value is -4.12. The highest BCUT2D eigenvalue weighted by Gasteiger charge is 2.14. The topological polar surface area (TPSA) is 122 Å². The minimum absolute atomic E-state index is 0.118. The number of rotatable bonds is 8. The van der Waals surface area contributed by atoms with E-state index in [4.69, 9.17) is 4.74 Å². The molecule has 2 aromatic heterocycles. The molecule has 9 nitrogen and oxygen atoms in total. The SMILES string of the molecule is Cc1[nH]ncc1CNC(=O)c1ccc(OCc2nnc(C(=O)Nc3ccc(F)cc3)s2)cc1. The third kappa shape index (κ3) is 5.77. The minimum Gasteiger partial charge on any atom is -0.486 e. The lowest BCUT2D eigenvalue weighted by Crippen LogP contribution is -2.22. The Balaban J connectivity index is 1.27. The summed E-state index contributed by atoms with van der Waals surface area (Å²) >= 11 is 1.09. The van der Waals surface area contributed by atoms with Crippen LogP contribution >= 0.6 is 11.3 Å². The molecule has 2 amide bonds. The fraction of sp³-hybridized carbons (Fsp3) is 0.136. The first-order valence-electron chi connectivity index (χ1n) is 9.87. The molecule has 11 heteroatoms. The molecule has 0 aliphatic carbocycles. The van der Waals surface area contributed by atoms with Gasteiger partial charge < -0.3 is 15.4 Å². The first-order valence-corrected chi connectivity index (χ1v) is 10.7. The first-order chi connectivity index (χ1) is 16.0. The molecule has 0 spiro atoms. The van der Waals surface area contributed by atoms with Crippen LogP contribution in [-0.4, -0.2) is 32.2 Å². The van der Waals surface area contributed by atoms with E-state index in [1.54, 1.807) is 30.5 Å². The van der Waals surface area contributed by atoms with Crippen molar-refractivity contribution < 1.29 is 18.7 Å². The molecule has 0 aliphatic rings. The van der Waals surface area contributed by atoms with E-state index in [0.29, 0.717) is 28.6 Å². The average Bonchev–Trinajstić information content (AvgIpc) is 3.47. The maximum absolute atomic E-state index is 13.0. The number of carbonyl (C=O) groups is 2. The number of ether oxygens (including phenoxy) is 1. The summed E-state index contributed by atoms with van der Waals surface area (Å²) in [6.45, 7) is 2.39. The quantitative estimate of drug-likeness (QED) is 0.366. The van der Waals surface area contributed by atoms with Crippen LogP contribution in [0.1, 0.15) is 36.4 Å². The number of amides is 2. The van der Waals surface area contributed by atoms with E-state index < -0.39 is 5.91 Å². The summed E-state index contributed by atoms with van der Waals surface area (Å²) in [5.74, 6) is -0.486. The number of benzene rings is 2. The van der Waals surface area contributed by atoms with Crippen molar-refractivity contribution in [2.75, 3.05) is 5.32 Å². The molecule has 33 heavy (non-hydrogen) atoms. The van der Waals surface area contributed by atoms with Crippen LogP contribution in [0.2, 0.25) is 0 Å². The minimum atomic E-state index is -0.439. The number of anilines is 1. The highest BCUT2D eigenvalue weighted by molar-refractivity contribution is 7.13. The number of carbonyl (C=O) groups excluding carboxylic acids is 2. The molecule has 0 unspecified atom stereocenters. The van der Waals surface area contributed by atoms with E-state index in [0.717, 1.165) is 22.6 Å². The van der Waals surface area contributed by atoms with Crippen LogP contribution in [0.4, 0.5) is 10.1 Å². The lowest BCUT2D eigenvalue weighted by molar-refractivity contribution is 0.0950. The second-order valence-corrected chi connectivity index (χ2v) is 8.04. The zero-order chi connectivity index (χ0) is 23.2. The van der Waals surface area contributed by atoms with Crippen molar-refractivity contribution in [2.45, 2.75) is 20.1 Å². The molecule has 168 valence electrons. The van der Waals surface area contributed by atoms with Crippen LogP contribution in [-0.2, 0) is 13.2 Å². The number of nitrogens with zero attached hydrogens (tertiary/aromatic N) is 3. The summed E-state index contributed by atoms with van der Waals surface area (Å²) in [5.41, 5.74) is 2.79. The van der Waals surface area contributed by atoms with E-state index in [-0.39, 0.29) is 23.3 Å². The van der Waals surface area contributed by atoms with E-state index in [9.17, 15) is 14.0 Å². The Morgan fingerprint density at radius 3 is 2.52 bits per heavy atom. The smallest absolute Gasteiger partial charge is 0.286 e. The van der Waals surface area contributed by atoms with Crippen LogP contribution in [0, 0.1) is 12.7 Å². The molecule has 0 aliphatic heterocycles. The molecule has 4 aromatic rings. The Morgan fingerprint density at radius 1 is 1.06 bits per heavy atom. The normalized spacial score (nSPS) is 10.6. The standard InChI is InChI=1S/C22H19FN6O3S/c1-13-15(11-25-27-13)10-24-20(30)14-2-8-18(9-3-14)32-12-19-28-29-22(33-19)21(31)26-17-6-4-16(23)5-7-17/h2-9,11H,10,12H2,1H3,(H,24,30)(H,25,27)(H,26,31). The van der Waals surface area contributed by atoms with Gasteiger partial charge in [-0.15, -0.1) is 10.2 Å². The molecule has 4 rings (SSSR count). The summed E-state index contributed by atoms with van der Waals surface area (Å²) in [5, 5.41) is 20.7. The Morgan fingerprint density at radius 2 is 1.82 bits per heavy atom. The maximum Gasteiger partial charge on any atom is 0.286 e. The van der Waals surface area contributed by atoms with Crippen LogP contribution in [0.5, 0.6) is 5.75 Å². The Labute approximate surface area is 192 Å². The second kappa shape index (κ2) is 10.0. The number of aromatic nitrogens is 4. The third-order valence-corrected chi connectivity index (χ3v) is 5.51. The van der Waals surface area contributed by atoms with Crippen molar-refractivity contribution in [1.29, 1.82) is 0 Å². The van der Waals surface area contributed by atoms with Gasteiger partial charge in [0.05, 0.1) is 6.20 Å². The molecule has 0 radical (unpaired) electrons. The van der Waals surface area contributed by atoms with Gasteiger partial charge in [-0.1, -0.05) is 11.3 Å². The monoisotopic (exact) mass is 466 g/mol. The van der Waals surface area contributed by atoms with Gasteiger partial charge in [-0.25, -0.2) is 4.39 Å². The second-order valence-electron chi connectivity index (χ2n) is 6.98. The number of aromatic amines is 1. The van der Waals surface area contributed by atoms with Crippen LogP contribution in [0.25, 0.3) is 0 Å². The molecule has 0 saturated carbocycles. The van der Waals surface area contributed by atoms with E-state index in [2.05, 4.69) is 31.0 Å². The van der Waals surface area contributed by atoms with Gasteiger partial charge in [0.2, 0.25) is 5.01 Å².